The fourth-order valence-corrected chi connectivity index (χ4v) is 0.439. The van der Waals surface area contributed by atoms with Crippen molar-refractivity contribution in [1.82, 2.24) is 0 Å². The lowest BCUT2D eigenvalue weighted by Crippen LogP contribution is -2.20. The van der Waals surface area contributed by atoms with Gasteiger partial charge in [-0.2, -0.15) is 0 Å². The minimum atomic E-state index is -0.795. The zero-order chi connectivity index (χ0) is 7.28. The molecule has 0 fully saturated rings. The molecule has 0 aliphatic rings. The minimum Gasteiger partial charge on any atom is -0.447 e. The predicted molar refractivity (Wildman–Crippen MR) is 31.8 cm³/mol. The summed E-state index contributed by atoms with van der Waals surface area (Å²) < 4.78 is 4.47. The van der Waals surface area contributed by atoms with Crippen LogP contribution < -0.4 is 5.73 Å². The van der Waals surface area contributed by atoms with Crippen molar-refractivity contribution < 1.29 is 14.6 Å². The van der Waals surface area contributed by atoms with Gasteiger partial charge in [0.15, 0.2) is 0 Å². The van der Waals surface area contributed by atoms with Gasteiger partial charge in [-0.1, -0.05) is 0 Å². The molecule has 0 unspecified atom stereocenters. The van der Waals surface area contributed by atoms with Crippen molar-refractivity contribution in [3.8, 4) is 0 Å². The molecule has 0 aromatic carbocycles. The van der Waals surface area contributed by atoms with Gasteiger partial charge in [0, 0.05) is 13.0 Å². The second-order valence-electron chi connectivity index (χ2n) is 1.76. The Labute approximate surface area is 53.6 Å². The van der Waals surface area contributed by atoms with Gasteiger partial charge in [0.05, 0.1) is 0 Å². The number of ether oxygens (including phenoxy) is 1. The number of rotatable bonds is 3. The molecule has 0 saturated carbocycles. The zero-order valence-corrected chi connectivity index (χ0v) is 5.33. The lowest BCUT2D eigenvalue weighted by atomic mass is 10.3. The van der Waals surface area contributed by atoms with E-state index >= 15 is 0 Å². The summed E-state index contributed by atoms with van der Waals surface area (Å²) in [6.07, 6.45) is -0.647. The fraction of sp³-hybridized carbons (Fsp3) is 0.800. The van der Waals surface area contributed by atoms with Gasteiger partial charge < -0.3 is 15.6 Å². The monoisotopic (exact) mass is 133 g/mol. The molecule has 0 aromatic rings. The number of hydrogen-bond acceptors (Lipinski definition) is 3. The highest BCUT2D eigenvalue weighted by molar-refractivity contribution is 5.64. The Balaban J connectivity index is 3.26. The molecule has 1 atom stereocenters. The van der Waals surface area contributed by atoms with E-state index in [9.17, 15) is 4.79 Å². The number of aliphatic hydroxyl groups excluding tert-OH is 1. The smallest absolute Gasteiger partial charge is 0.404 e. The van der Waals surface area contributed by atoms with E-state index in [-0.39, 0.29) is 12.7 Å². The summed E-state index contributed by atoms with van der Waals surface area (Å²) in [5.41, 5.74) is 4.68. The maximum atomic E-state index is 10.0. The molecular formula is C5H11NO3. The molecule has 0 aliphatic heterocycles. The molecule has 0 aliphatic carbocycles. The van der Waals surface area contributed by atoms with Crippen LogP contribution in [0.1, 0.15) is 13.3 Å². The summed E-state index contributed by atoms with van der Waals surface area (Å²) in [6.45, 7) is 1.68. The maximum Gasteiger partial charge on any atom is 0.404 e. The average Bonchev–Trinajstić information content (AvgIpc) is 1.63. The Kier molecular flexibility index (Phi) is 3.79. The van der Waals surface area contributed by atoms with Crippen molar-refractivity contribution in [2.24, 2.45) is 5.73 Å². The van der Waals surface area contributed by atoms with Gasteiger partial charge >= 0.3 is 6.09 Å². The minimum absolute atomic E-state index is 0.00838. The summed E-state index contributed by atoms with van der Waals surface area (Å²) in [7, 11) is 0. The number of carbonyl (C=O) groups excluding carboxylic acids is 1. The topological polar surface area (TPSA) is 72.6 Å². The van der Waals surface area contributed by atoms with Gasteiger partial charge in [-0.05, 0) is 6.92 Å². The molecule has 4 heteroatoms. The Morgan fingerprint density at radius 1 is 1.89 bits per heavy atom. The molecule has 0 rings (SSSR count). The summed E-state index contributed by atoms with van der Waals surface area (Å²) in [4.78, 5) is 10.0. The highest BCUT2D eigenvalue weighted by Crippen LogP contribution is 1.94. The van der Waals surface area contributed by atoms with Crippen LogP contribution in [0.4, 0.5) is 4.79 Å². The molecule has 0 saturated heterocycles. The van der Waals surface area contributed by atoms with E-state index in [1.807, 2.05) is 0 Å². The summed E-state index contributed by atoms with van der Waals surface area (Å²) in [6, 6.07) is 0. The molecule has 0 aromatic heterocycles. The van der Waals surface area contributed by atoms with Crippen LogP contribution in [0, 0.1) is 0 Å². The van der Waals surface area contributed by atoms with Gasteiger partial charge in [0.25, 0.3) is 0 Å². The lowest BCUT2D eigenvalue weighted by Gasteiger charge is -2.07. The van der Waals surface area contributed by atoms with Crippen LogP contribution in [0.25, 0.3) is 0 Å². The van der Waals surface area contributed by atoms with Crippen molar-refractivity contribution >= 4 is 6.09 Å². The number of aliphatic hydroxyl groups is 1. The summed E-state index contributed by atoms with van der Waals surface area (Å²) in [5.74, 6) is 0. The van der Waals surface area contributed by atoms with E-state index in [1.54, 1.807) is 6.92 Å². The quantitative estimate of drug-likeness (QED) is 0.562. The van der Waals surface area contributed by atoms with Crippen molar-refractivity contribution in [2.45, 2.75) is 19.4 Å². The number of amides is 1. The fourth-order valence-electron chi connectivity index (χ4n) is 0.439. The Bertz CT molecular complexity index is 94.2. The number of nitrogens with two attached hydrogens (primary N) is 1. The van der Waals surface area contributed by atoms with Crippen molar-refractivity contribution in [3.63, 3.8) is 0 Å². The van der Waals surface area contributed by atoms with E-state index in [0.29, 0.717) is 6.42 Å². The summed E-state index contributed by atoms with van der Waals surface area (Å²) >= 11 is 0. The van der Waals surface area contributed by atoms with E-state index in [0.717, 1.165) is 0 Å². The lowest BCUT2D eigenvalue weighted by molar-refractivity contribution is 0.0981. The van der Waals surface area contributed by atoms with Crippen LogP contribution in [0.3, 0.4) is 0 Å². The first kappa shape index (κ1) is 8.23. The van der Waals surface area contributed by atoms with Crippen LogP contribution in [0.2, 0.25) is 0 Å². The molecule has 0 spiro atoms. The third kappa shape index (κ3) is 5.10. The largest absolute Gasteiger partial charge is 0.447 e. The Morgan fingerprint density at radius 2 is 2.44 bits per heavy atom. The van der Waals surface area contributed by atoms with Gasteiger partial charge in [-0.15, -0.1) is 0 Å². The third-order valence-corrected chi connectivity index (χ3v) is 0.853. The SMILES string of the molecule is C[C@H](CCO)OC(N)=O. The number of hydrogen-bond donors (Lipinski definition) is 2. The number of primary amides is 1. The highest BCUT2D eigenvalue weighted by atomic mass is 16.6. The molecule has 0 heterocycles. The first-order valence-corrected chi connectivity index (χ1v) is 2.73. The zero-order valence-electron chi connectivity index (χ0n) is 5.33. The molecule has 0 radical (unpaired) electrons. The first-order valence-electron chi connectivity index (χ1n) is 2.73. The van der Waals surface area contributed by atoms with Crippen molar-refractivity contribution in [2.75, 3.05) is 6.61 Å². The standard InChI is InChI=1S/C5H11NO3/c1-4(2-3-7)9-5(6)8/h4,7H,2-3H2,1H3,(H2,6,8)/t4-/m1/s1. The van der Waals surface area contributed by atoms with Gasteiger partial charge in [-0.3, -0.25) is 0 Å². The van der Waals surface area contributed by atoms with Crippen LogP contribution in [0.5, 0.6) is 0 Å². The maximum absolute atomic E-state index is 10.0. The molecule has 9 heavy (non-hydrogen) atoms. The second-order valence-corrected chi connectivity index (χ2v) is 1.76. The molecule has 4 nitrogen and oxygen atoms in total. The van der Waals surface area contributed by atoms with Crippen molar-refractivity contribution in [3.05, 3.63) is 0 Å². The molecular weight excluding hydrogens is 122 g/mol. The molecule has 0 bridgehead atoms. The summed E-state index contributed by atoms with van der Waals surface area (Å²) in [5, 5.41) is 8.32. The Morgan fingerprint density at radius 3 is 2.78 bits per heavy atom. The van der Waals surface area contributed by atoms with E-state index in [1.165, 1.54) is 0 Å². The molecule has 1 amide bonds. The molecule has 3 N–H and O–H groups in total. The van der Waals surface area contributed by atoms with Gasteiger partial charge in [-0.25, -0.2) is 4.79 Å². The van der Waals surface area contributed by atoms with E-state index < -0.39 is 6.09 Å². The number of carbonyl (C=O) groups is 1. The van der Waals surface area contributed by atoms with Crippen molar-refractivity contribution in [1.29, 1.82) is 0 Å². The highest BCUT2D eigenvalue weighted by Gasteiger charge is 2.02. The van der Waals surface area contributed by atoms with Crippen LogP contribution in [0.15, 0.2) is 0 Å². The van der Waals surface area contributed by atoms with Gasteiger partial charge in [0.2, 0.25) is 0 Å². The van der Waals surface area contributed by atoms with Crippen LogP contribution in [-0.2, 0) is 4.74 Å². The predicted octanol–water partition coefficient (Wildman–Crippen LogP) is -0.147. The third-order valence-electron chi connectivity index (χ3n) is 0.853. The molecule has 54 valence electrons. The van der Waals surface area contributed by atoms with Crippen LogP contribution >= 0.6 is 0 Å². The Hall–Kier alpha value is -0.770. The normalized spacial score (nSPS) is 12.7. The van der Waals surface area contributed by atoms with E-state index in [2.05, 4.69) is 10.5 Å². The second kappa shape index (κ2) is 4.14. The first-order chi connectivity index (χ1) is 4.16. The van der Waals surface area contributed by atoms with Crippen LogP contribution in [-0.4, -0.2) is 23.9 Å². The van der Waals surface area contributed by atoms with Gasteiger partial charge in [0.1, 0.15) is 6.10 Å². The van der Waals surface area contributed by atoms with E-state index in [4.69, 9.17) is 5.11 Å². The average molecular weight is 133 g/mol.